The Morgan fingerprint density at radius 2 is 1.83 bits per heavy atom. The fraction of sp³-hybridized carbons (Fsp3) is 0.562. The molecule has 1 amide bonds. The standard InChI is InChI=1S/C16H23BrN2O3S/c1-2-18-16(20)12-19(14-6-4-3-5-7-14)23(21,22)15-10-8-13(17)9-11-15/h8-11,14H,2-7,12H2,1H3,(H,18,20). The summed E-state index contributed by atoms with van der Waals surface area (Å²) in [6.07, 6.45) is 4.77. The van der Waals surface area contributed by atoms with Crippen LogP contribution in [0, 0.1) is 0 Å². The van der Waals surface area contributed by atoms with Crippen molar-refractivity contribution >= 4 is 31.9 Å². The molecule has 2 rings (SSSR count). The highest BCUT2D eigenvalue weighted by molar-refractivity contribution is 9.10. The van der Waals surface area contributed by atoms with E-state index in [-0.39, 0.29) is 23.4 Å². The van der Waals surface area contributed by atoms with E-state index >= 15 is 0 Å². The molecule has 1 aromatic carbocycles. The first-order chi connectivity index (χ1) is 10.9. The van der Waals surface area contributed by atoms with E-state index in [1.54, 1.807) is 24.3 Å². The lowest BCUT2D eigenvalue weighted by Crippen LogP contribution is -2.47. The van der Waals surface area contributed by atoms with Crippen molar-refractivity contribution in [1.29, 1.82) is 0 Å². The van der Waals surface area contributed by atoms with Crippen molar-refractivity contribution in [3.05, 3.63) is 28.7 Å². The van der Waals surface area contributed by atoms with E-state index in [1.165, 1.54) is 4.31 Å². The fourth-order valence-corrected chi connectivity index (χ4v) is 4.82. The van der Waals surface area contributed by atoms with E-state index in [9.17, 15) is 13.2 Å². The SMILES string of the molecule is CCNC(=O)CN(C1CCCCC1)S(=O)(=O)c1ccc(Br)cc1. The van der Waals surface area contributed by atoms with Crippen molar-refractivity contribution in [3.8, 4) is 0 Å². The van der Waals surface area contributed by atoms with Crippen LogP contribution in [-0.2, 0) is 14.8 Å². The second kappa shape index (κ2) is 8.26. The summed E-state index contributed by atoms with van der Waals surface area (Å²) in [5, 5.41) is 2.70. The van der Waals surface area contributed by atoms with Gasteiger partial charge in [0.05, 0.1) is 11.4 Å². The quantitative estimate of drug-likeness (QED) is 0.795. The smallest absolute Gasteiger partial charge is 0.243 e. The Bertz CT molecular complexity index is 625. The highest BCUT2D eigenvalue weighted by Gasteiger charge is 2.33. The van der Waals surface area contributed by atoms with Gasteiger partial charge in [0.25, 0.3) is 0 Å². The van der Waals surface area contributed by atoms with Crippen LogP contribution >= 0.6 is 15.9 Å². The summed E-state index contributed by atoms with van der Waals surface area (Å²) < 4.78 is 28.2. The Morgan fingerprint density at radius 1 is 1.22 bits per heavy atom. The summed E-state index contributed by atoms with van der Waals surface area (Å²) in [4.78, 5) is 12.2. The van der Waals surface area contributed by atoms with Crippen molar-refractivity contribution in [3.63, 3.8) is 0 Å². The van der Waals surface area contributed by atoms with Crippen molar-refractivity contribution in [2.24, 2.45) is 0 Å². The molecule has 5 nitrogen and oxygen atoms in total. The van der Waals surface area contributed by atoms with Gasteiger partial charge in [0.15, 0.2) is 0 Å². The molecule has 0 atom stereocenters. The topological polar surface area (TPSA) is 66.5 Å². The molecule has 1 N–H and O–H groups in total. The van der Waals surface area contributed by atoms with Gasteiger partial charge in [0.1, 0.15) is 0 Å². The highest BCUT2D eigenvalue weighted by atomic mass is 79.9. The van der Waals surface area contributed by atoms with Gasteiger partial charge in [-0.25, -0.2) is 8.42 Å². The molecule has 0 spiro atoms. The van der Waals surface area contributed by atoms with Crippen LogP contribution in [0.4, 0.5) is 0 Å². The number of benzene rings is 1. The first kappa shape index (κ1) is 18.4. The molecule has 1 aromatic rings. The lowest BCUT2D eigenvalue weighted by molar-refractivity contribution is -0.121. The molecular weight excluding hydrogens is 380 g/mol. The monoisotopic (exact) mass is 402 g/mol. The molecule has 0 radical (unpaired) electrons. The van der Waals surface area contributed by atoms with Crippen molar-refractivity contribution in [2.75, 3.05) is 13.1 Å². The number of hydrogen-bond acceptors (Lipinski definition) is 3. The molecule has 1 aliphatic carbocycles. The average Bonchev–Trinajstić information content (AvgIpc) is 2.54. The van der Waals surface area contributed by atoms with E-state index < -0.39 is 10.0 Å². The molecule has 128 valence electrons. The van der Waals surface area contributed by atoms with Crippen LogP contribution in [0.25, 0.3) is 0 Å². The predicted octanol–water partition coefficient (Wildman–Crippen LogP) is 2.91. The lowest BCUT2D eigenvalue weighted by Gasteiger charge is -2.33. The minimum atomic E-state index is -3.68. The van der Waals surface area contributed by atoms with Gasteiger partial charge >= 0.3 is 0 Å². The number of amides is 1. The van der Waals surface area contributed by atoms with Crippen LogP contribution in [0.1, 0.15) is 39.0 Å². The molecule has 1 fully saturated rings. The number of sulfonamides is 1. The van der Waals surface area contributed by atoms with E-state index in [1.807, 2.05) is 6.92 Å². The van der Waals surface area contributed by atoms with Crippen LogP contribution < -0.4 is 5.32 Å². The summed E-state index contributed by atoms with van der Waals surface area (Å²) in [5.74, 6) is -0.251. The maximum absolute atomic E-state index is 13.0. The molecule has 0 aromatic heterocycles. The molecule has 23 heavy (non-hydrogen) atoms. The number of hydrogen-bond donors (Lipinski definition) is 1. The summed E-state index contributed by atoms with van der Waals surface area (Å²) in [7, 11) is -3.68. The number of carbonyl (C=O) groups excluding carboxylic acids is 1. The molecule has 1 saturated carbocycles. The minimum absolute atomic E-state index is 0.0972. The van der Waals surface area contributed by atoms with Crippen LogP contribution in [-0.4, -0.2) is 37.8 Å². The third-order valence-electron chi connectivity index (χ3n) is 4.08. The second-order valence-electron chi connectivity index (χ2n) is 5.75. The number of rotatable bonds is 6. The Hall–Kier alpha value is -0.920. The molecule has 1 aliphatic rings. The van der Waals surface area contributed by atoms with Gasteiger partial charge in [-0.3, -0.25) is 4.79 Å². The summed E-state index contributed by atoms with van der Waals surface area (Å²) in [5.41, 5.74) is 0. The third-order valence-corrected chi connectivity index (χ3v) is 6.52. The Balaban J connectivity index is 2.30. The molecule has 7 heteroatoms. The lowest BCUT2D eigenvalue weighted by atomic mass is 9.95. The van der Waals surface area contributed by atoms with Gasteiger partial charge in [0.2, 0.25) is 15.9 Å². The molecule has 0 unspecified atom stereocenters. The van der Waals surface area contributed by atoms with Crippen LogP contribution in [0.5, 0.6) is 0 Å². The summed E-state index contributed by atoms with van der Waals surface area (Å²) in [6, 6.07) is 6.47. The predicted molar refractivity (Wildman–Crippen MR) is 93.6 cm³/mol. The Labute approximate surface area is 146 Å². The Morgan fingerprint density at radius 3 is 2.39 bits per heavy atom. The second-order valence-corrected chi connectivity index (χ2v) is 8.56. The highest BCUT2D eigenvalue weighted by Crippen LogP contribution is 2.28. The van der Waals surface area contributed by atoms with E-state index in [2.05, 4.69) is 21.2 Å². The third kappa shape index (κ3) is 4.78. The average molecular weight is 403 g/mol. The first-order valence-electron chi connectivity index (χ1n) is 7.99. The van der Waals surface area contributed by atoms with Crippen molar-refractivity contribution in [2.45, 2.75) is 50.0 Å². The minimum Gasteiger partial charge on any atom is -0.355 e. The molecule has 0 heterocycles. The van der Waals surface area contributed by atoms with Gasteiger partial charge < -0.3 is 5.32 Å². The Kier molecular flexibility index (Phi) is 6.61. The van der Waals surface area contributed by atoms with E-state index in [4.69, 9.17) is 0 Å². The zero-order valence-electron chi connectivity index (χ0n) is 13.3. The first-order valence-corrected chi connectivity index (χ1v) is 10.2. The maximum Gasteiger partial charge on any atom is 0.243 e. The fourth-order valence-electron chi connectivity index (χ4n) is 2.92. The van der Waals surface area contributed by atoms with Crippen molar-refractivity contribution < 1.29 is 13.2 Å². The van der Waals surface area contributed by atoms with Crippen LogP contribution in [0.2, 0.25) is 0 Å². The maximum atomic E-state index is 13.0. The van der Waals surface area contributed by atoms with E-state index in [0.29, 0.717) is 6.54 Å². The van der Waals surface area contributed by atoms with E-state index in [0.717, 1.165) is 36.6 Å². The normalized spacial score (nSPS) is 16.5. The molecule has 0 saturated heterocycles. The molecule has 0 aliphatic heterocycles. The number of carbonyl (C=O) groups is 1. The van der Waals surface area contributed by atoms with Crippen molar-refractivity contribution in [1.82, 2.24) is 9.62 Å². The van der Waals surface area contributed by atoms with Gasteiger partial charge in [-0.1, -0.05) is 35.2 Å². The number of nitrogens with zero attached hydrogens (tertiary/aromatic N) is 1. The van der Waals surface area contributed by atoms with Gasteiger partial charge in [-0.15, -0.1) is 0 Å². The number of likely N-dealkylation sites (N-methyl/N-ethyl adjacent to an activating group) is 1. The van der Waals surface area contributed by atoms with Crippen LogP contribution in [0.3, 0.4) is 0 Å². The summed E-state index contributed by atoms with van der Waals surface area (Å²) >= 11 is 3.31. The molecular formula is C16H23BrN2O3S. The zero-order valence-corrected chi connectivity index (χ0v) is 15.7. The summed E-state index contributed by atoms with van der Waals surface area (Å²) in [6.45, 7) is 2.21. The number of halogens is 1. The van der Waals surface area contributed by atoms with Gasteiger partial charge in [-0.2, -0.15) is 4.31 Å². The number of nitrogens with one attached hydrogen (secondary N) is 1. The van der Waals surface area contributed by atoms with Gasteiger partial charge in [0, 0.05) is 17.1 Å². The molecule has 0 bridgehead atoms. The van der Waals surface area contributed by atoms with Gasteiger partial charge in [-0.05, 0) is 44.0 Å². The largest absolute Gasteiger partial charge is 0.355 e. The zero-order chi connectivity index (χ0) is 16.9. The van der Waals surface area contributed by atoms with Crippen LogP contribution in [0.15, 0.2) is 33.6 Å².